The van der Waals surface area contributed by atoms with E-state index in [1.54, 1.807) is 36.4 Å². The van der Waals surface area contributed by atoms with Crippen LogP contribution in [0.1, 0.15) is 11.1 Å². The molecule has 0 aromatic heterocycles. The summed E-state index contributed by atoms with van der Waals surface area (Å²) in [6.45, 7) is 0. The molecule has 0 radical (unpaired) electrons. The Balaban J connectivity index is 2.02. The predicted octanol–water partition coefficient (Wildman–Crippen LogP) is 3.63. The van der Waals surface area contributed by atoms with Crippen molar-refractivity contribution in [3.63, 3.8) is 0 Å². The number of halogens is 1. The van der Waals surface area contributed by atoms with E-state index >= 15 is 0 Å². The van der Waals surface area contributed by atoms with Crippen molar-refractivity contribution < 1.29 is 4.79 Å². The van der Waals surface area contributed by atoms with E-state index in [0.717, 1.165) is 11.1 Å². The molecule has 0 saturated carbocycles. The Morgan fingerprint density at radius 1 is 1.14 bits per heavy atom. The molecule has 5 heteroatoms. The van der Waals surface area contributed by atoms with Crippen LogP contribution < -0.4 is 11.1 Å². The second-order valence-corrected chi connectivity index (χ2v) is 5.13. The number of anilines is 1. The standard InChI is InChI=1S/C16H13ClN2OS/c17-14-4-2-1-3-11(14)7-10-15(20)19-13-8-5-12(6-9-13)16(18)21/h1-10H,(H2,18,21)(H,19,20)/b10-7+. The Morgan fingerprint density at radius 2 is 1.81 bits per heavy atom. The summed E-state index contributed by atoms with van der Waals surface area (Å²) in [5, 5.41) is 3.34. The summed E-state index contributed by atoms with van der Waals surface area (Å²) in [6.07, 6.45) is 3.10. The summed E-state index contributed by atoms with van der Waals surface area (Å²) in [4.78, 5) is 12.1. The lowest BCUT2D eigenvalue weighted by Crippen LogP contribution is -2.10. The van der Waals surface area contributed by atoms with Gasteiger partial charge in [0, 0.05) is 22.3 Å². The number of nitrogens with two attached hydrogens (primary N) is 1. The van der Waals surface area contributed by atoms with Crippen LogP contribution in [0.4, 0.5) is 5.69 Å². The summed E-state index contributed by atoms with van der Waals surface area (Å²) < 4.78 is 0. The van der Waals surface area contributed by atoms with E-state index in [0.29, 0.717) is 15.7 Å². The van der Waals surface area contributed by atoms with Crippen LogP contribution in [0, 0.1) is 0 Å². The van der Waals surface area contributed by atoms with Crippen LogP contribution in [-0.2, 0) is 4.79 Å². The van der Waals surface area contributed by atoms with Gasteiger partial charge in [0.1, 0.15) is 4.99 Å². The third kappa shape index (κ3) is 4.41. The number of rotatable bonds is 4. The summed E-state index contributed by atoms with van der Waals surface area (Å²) in [6, 6.07) is 14.3. The molecule has 0 spiro atoms. The highest BCUT2D eigenvalue weighted by Crippen LogP contribution is 2.16. The molecule has 2 rings (SSSR count). The molecular formula is C16H13ClN2OS. The zero-order valence-corrected chi connectivity index (χ0v) is 12.6. The van der Waals surface area contributed by atoms with E-state index in [1.165, 1.54) is 6.08 Å². The topological polar surface area (TPSA) is 55.1 Å². The first-order valence-electron chi connectivity index (χ1n) is 6.20. The van der Waals surface area contributed by atoms with Crippen LogP contribution >= 0.6 is 23.8 Å². The molecule has 0 aliphatic carbocycles. The lowest BCUT2D eigenvalue weighted by molar-refractivity contribution is -0.111. The smallest absolute Gasteiger partial charge is 0.248 e. The van der Waals surface area contributed by atoms with Crippen LogP contribution in [-0.4, -0.2) is 10.9 Å². The van der Waals surface area contributed by atoms with Gasteiger partial charge < -0.3 is 11.1 Å². The minimum absolute atomic E-state index is 0.238. The number of carbonyl (C=O) groups excluding carboxylic acids is 1. The highest BCUT2D eigenvalue weighted by atomic mass is 35.5. The van der Waals surface area contributed by atoms with E-state index in [9.17, 15) is 4.79 Å². The molecule has 0 heterocycles. The van der Waals surface area contributed by atoms with Gasteiger partial charge in [0.25, 0.3) is 0 Å². The average molecular weight is 317 g/mol. The van der Waals surface area contributed by atoms with Crippen LogP contribution in [0.2, 0.25) is 5.02 Å². The first-order valence-corrected chi connectivity index (χ1v) is 6.98. The number of thiocarbonyl (C=S) groups is 1. The highest BCUT2D eigenvalue weighted by molar-refractivity contribution is 7.80. The van der Waals surface area contributed by atoms with Gasteiger partial charge in [-0.25, -0.2) is 0 Å². The molecule has 0 fully saturated rings. The van der Waals surface area contributed by atoms with Crippen LogP contribution in [0.25, 0.3) is 6.08 Å². The molecule has 106 valence electrons. The van der Waals surface area contributed by atoms with E-state index in [4.69, 9.17) is 29.6 Å². The van der Waals surface area contributed by atoms with Crippen molar-refractivity contribution in [2.45, 2.75) is 0 Å². The van der Waals surface area contributed by atoms with Crippen LogP contribution in [0.15, 0.2) is 54.6 Å². The molecule has 2 aromatic carbocycles. The molecule has 3 nitrogen and oxygen atoms in total. The third-order valence-corrected chi connectivity index (χ3v) is 3.34. The Morgan fingerprint density at radius 3 is 2.43 bits per heavy atom. The zero-order valence-electron chi connectivity index (χ0n) is 11.0. The Bertz CT molecular complexity index is 696. The van der Waals surface area contributed by atoms with Gasteiger partial charge in [-0.05, 0) is 42.0 Å². The molecular weight excluding hydrogens is 304 g/mol. The largest absolute Gasteiger partial charge is 0.389 e. The molecule has 0 aliphatic rings. The maximum Gasteiger partial charge on any atom is 0.248 e. The number of hydrogen-bond acceptors (Lipinski definition) is 2. The minimum atomic E-state index is -0.238. The average Bonchev–Trinajstić information content (AvgIpc) is 2.47. The highest BCUT2D eigenvalue weighted by Gasteiger charge is 2.00. The van der Waals surface area contributed by atoms with Crippen molar-refractivity contribution in [1.82, 2.24) is 0 Å². The molecule has 0 bridgehead atoms. The minimum Gasteiger partial charge on any atom is -0.389 e. The number of benzene rings is 2. The molecule has 2 aromatic rings. The Labute approximate surface area is 133 Å². The van der Waals surface area contributed by atoms with Gasteiger partial charge >= 0.3 is 0 Å². The van der Waals surface area contributed by atoms with Gasteiger partial charge in [-0.2, -0.15) is 0 Å². The summed E-state index contributed by atoms with van der Waals surface area (Å²) in [7, 11) is 0. The monoisotopic (exact) mass is 316 g/mol. The number of carbonyl (C=O) groups is 1. The summed E-state index contributed by atoms with van der Waals surface area (Å²) in [5.41, 5.74) is 7.73. The van der Waals surface area contributed by atoms with Crippen molar-refractivity contribution >= 4 is 46.5 Å². The predicted molar refractivity (Wildman–Crippen MR) is 91.4 cm³/mol. The number of amides is 1. The first kappa shape index (κ1) is 15.2. The quantitative estimate of drug-likeness (QED) is 0.669. The molecule has 21 heavy (non-hydrogen) atoms. The first-order chi connectivity index (χ1) is 10.1. The molecule has 1 amide bonds. The number of hydrogen-bond donors (Lipinski definition) is 2. The lowest BCUT2D eigenvalue weighted by Gasteiger charge is -2.03. The normalized spacial score (nSPS) is 10.5. The van der Waals surface area contributed by atoms with Gasteiger partial charge in [-0.15, -0.1) is 0 Å². The van der Waals surface area contributed by atoms with E-state index in [1.807, 2.05) is 18.2 Å². The summed E-state index contributed by atoms with van der Waals surface area (Å²) >= 11 is 10.9. The van der Waals surface area contributed by atoms with Crippen molar-refractivity contribution in [3.8, 4) is 0 Å². The Hall–Kier alpha value is -2.17. The van der Waals surface area contributed by atoms with E-state index in [-0.39, 0.29) is 5.91 Å². The van der Waals surface area contributed by atoms with Crippen molar-refractivity contribution in [2.24, 2.45) is 5.73 Å². The van der Waals surface area contributed by atoms with E-state index < -0.39 is 0 Å². The van der Waals surface area contributed by atoms with Gasteiger partial charge in [0.2, 0.25) is 5.91 Å². The third-order valence-electron chi connectivity index (χ3n) is 2.76. The Kier molecular flexibility index (Phi) is 5.09. The lowest BCUT2D eigenvalue weighted by atomic mass is 10.2. The summed E-state index contributed by atoms with van der Waals surface area (Å²) in [5.74, 6) is -0.238. The van der Waals surface area contributed by atoms with Gasteiger partial charge in [-0.3, -0.25) is 4.79 Å². The zero-order chi connectivity index (χ0) is 15.2. The van der Waals surface area contributed by atoms with Crippen molar-refractivity contribution in [1.29, 1.82) is 0 Å². The molecule has 0 atom stereocenters. The van der Waals surface area contributed by atoms with Gasteiger partial charge in [-0.1, -0.05) is 42.0 Å². The van der Waals surface area contributed by atoms with Gasteiger partial charge in [0.05, 0.1) is 0 Å². The van der Waals surface area contributed by atoms with Crippen LogP contribution in [0.3, 0.4) is 0 Å². The van der Waals surface area contributed by atoms with Gasteiger partial charge in [0.15, 0.2) is 0 Å². The fraction of sp³-hybridized carbons (Fsp3) is 0. The second-order valence-electron chi connectivity index (χ2n) is 4.29. The fourth-order valence-corrected chi connectivity index (χ4v) is 2.01. The van der Waals surface area contributed by atoms with Crippen molar-refractivity contribution in [3.05, 3.63) is 70.8 Å². The van der Waals surface area contributed by atoms with Crippen molar-refractivity contribution in [2.75, 3.05) is 5.32 Å². The molecule has 0 unspecified atom stereocenters. The molecule has 0 aliphatic heterocycles. The number of nitrogens with one attached hydrogen (secondary N) is 1. The molecule has 0 saturated heterocycles. The SMILES string of the molecule is NC(=S)c1ccc(NC(=O)/C=C/c2ccccc2Cl)cc1. The van der Waals surface area contributed by atoms with Crippen LogP contribution in [0.5, 0.6) is 0 Å². The fourth-order valence-electron chi connectivity index (χ4n) is 1.68. The maximum atomic E-state index is 11.8. The second kappa shape index (κ2) is 7.02. The maximum absolute atomic E-state index is 11.8. The molecule has 3 N–H and O–H groups in total. The van der Waals surface area contributed by atoms with E-state index in [2.05, 4.69) is 5.32 Å².